The number of carbonyl (C=O) groups excluding carboxylic acids is 1. The van der Waals surface area contributed by atoms with Gasteiger partial charge in [-0.3, -0.25) is 4.79 Å². The summed E-state index contributed by atoms with van der Waals surface area (Å²) in [6.45, 7) is 3.23. The van der Waals surface area contributed by atoms with E-state index >= 15 is 0 Å². The quantitative estimate of drug-likeness (QED) is 0.856. The summed E-state index contributed by atoms with van der Waals surface area (Å²) >= 11 is 0. The van der Waals surface area contributed by atoms with Crippen LogP contribution in [0.2, 0.25) is 0 Å². The average Bonchev–Trinajstić information content (AvgIpc) is 2.38. The number of rotatable bonds is 4. The van der Waals surface area contributed by atoms with E-state index < -0.39 is 0 Å². The molecule has 1 aromatic carbocycles. The fraction of sp³-hybridized carbons (Fsp3) is 0.462. The molecule has 0 saturated heterocycles. The molecule has 19 heavy (non-hydrogen) atoms. The van der Waals surface area contributed by atoms with Crippen molar-refractivity contribution in [1.29, 1.82) is 0 Å². The molecule has 0 saturated carbocycles. The lowest BCUT2D eigenvalue weighted by atomic mass is 10.0. The molecule has 1 aliphatic heterocycles. The molecule has 2 rings (SSSR count). The standard InChI is InChI=1S/C13H17NO4.ClH/c1-2-16-13(15)8-10(14)9-3-4-11-12(7-9)18-6-5-17-11;/h3-4,7,10H,2,5-6,8,14H2,1H3;1H. The minimum absolute atomic E-state index is 0. The van der Waals surface area contributed by atoms with Gasteiger partial charge in [0.1, 0.15) is 13.2 Å². The molecule has 1 unspecified atom stereocenters. The lowest BCUT2D eigenvalue weighted by Crippen LogP contribution is -2.19. The second-order valence-electron chi connectivity index (χ2n) is 4.02. The fourth-order valence-corrected chi connectivity index (χ4v) is 1.81. The minimum atomic E-state index is -0.389. The van der Waals surface area contributed by atoms with Crippen LogP contribution in [0.25, 0.3) is 0 Å². The number of fused-ring (bicyclic) bond motifs is 1. The van der Waals surface area contributed by atoms with E-state index in [1.54, 1.807) is 6.92 Å². The van der Waals surface area contributed by atoms with Crippen molar-refractivity contribution < 1.29 is 19.0 Å². The Morgan fingerprint density at radius 3 is 2.74 bits per heavy atom. The summed E-state index contributed by atoms with van der Waals surface area (Å²) in [7, 11) is 0. The lowest BCUT2D eigenvalue weighted by molar-refractivity contribution is -0.143. The number of benzene rings is 1. The molecule has 0 amide bonds. The Balaban J connectivity index is 0.00000180. The third kappa shape index (κ3) is 4.01. The van der Waals surface area contributed by atoms with E-state index in [2.05, 4.69) is 0 Å². The SMILES string of the molecule is CCOC(=O)CC(N)c1ccc2c(c1)OCCO2.Cl. The first-order valence-electron chi connectivity index (χ1n) is 6.01. The highest BCUT2D eigenvalue weighted by molar-refractivity contribution is 5.85. The first-order valence-corrected chi connectivity index (χ1v) is 6.01. The van der Waals surface area contributed by atoms with Gasteiger partial charge in [0.15, 0.2) is 11.5 Å². The molecule has 1 atom stereocenters. The molecule has 5 nitrogen and oxygen atoms in total. The van der Waals surface area contributed by atoms with Crippen LogP contribution in [0.3, 0.4) is 0 Å². The van der Waals surface area contributed by atoms with Crippen LogP contribution < -0.4 is 15.2 Å². The van der Waals surface area contributed by atoms with Crippen molar-refractivity contribution in [3.8, 4) is 11.5 Å². The third-order valence-corrected chi connectivity index (χ3v) is 2.69. The highest BCUT2D eigenvalue weighted by Crippen LogP contribution is 2.32. The molecular formula is C13H18ClNO4. The second kappa shape index (κ2) is 7.21. The molecule has 1 aromatic rings. The van der Waals surface area contributed by atoms with Crippen LogP contribution in [0.15, 0.2) is 18.2 Å². The second-order valence-corrected chi connectivity index (χ2v) is 4.02. The van der Waals surface area contributed by atoms with E-state index in [0.717, 1.165) is 5.56 Å². The van der Waals surface area contributed by atoms with Crippen molar-refractivity contribution >= 4 is 18.4 Å². The zero-order valence-electron chi connectivity index (χ0n) is 10.8. The molecule has 6 heteroatoms. The predicted octanol–water partition coefficient (Wildman–Crippen LogP) is 1.83. The van der Waals surface area contributed by atoms with Crippen LogP contribution in [0.5, 0.6) is 11.5 Å². The Labute approximate surface area is 118 Å². The normalized spacial score (nSPS) is 14.2. The van der Waals surface area contributed by atoms with Crippen LogP contribution in [0.4, 0.5) is 0 Å². The van der Waals surface area contributed by atoms with E-state index in [1.165, 1.54) is 0 Å². The Morgan fingerprint density at radius 1 is 1.37 bits per heavy atom. The number of carbonyl (C=O) groups is 1. The van der Waals surface area contributed by atoms with Gasteiger partial charge in [0.05, 0.1) is 13.0 Å². The van der Waals surface area contributed by atoms with E-state index in [9.17, 15) is 4.79 Å². The van der Waals surface area contributed by atoms with Gasteiger partial charge in [-0.15, -0.1) is 12.4 Å². The van der Waals surface area contributed by atoms with Gasteiger partial charge in [0.2, 0.25) is 0 Å². The van der Waals surface area contributed by atoms with E-state index in [1.807, 2.05) is 18.2 Å². The molecule has 0 spiro atoms. The van der Waals surface area contributed by atoms with Gasteiger partial charge >= 0.3 is 5.97 Å². The monoisotopic (exact) mass is 287 g/mol. The van der Waals surface area contributed by atoms with Crippen molar-refractivity contribution in [2.75, 3.05) is 19.8 Å². The summed E-state index contributed by atoms with van der Waals surface area (Å²) in [4.78, 5) is 11.4. The van der Waals surface area contributed by atoms with Gasteiger partial charge in [0, 0.05) is 6.04 Å². The van der Waals surface area contributed by atoms with Crippen LogP contribution in [0.1, 0.15) is 24.9 Å². The van der Waals surface area contributed by atoms with Gasteiger partial charge in [-0.2, -0.15) is 0 Å². The summed E-state index contributed by atoms with van der Waals surface area (Å²) in [5.41, 5.74) is 6.80. The Bertz CT molecular complexity index is 439. The number of nitrogens with two attached hydrogens (primary N) is 1. The van der Waals surface area contributed by atoms with Gasteiger partial charge in [-0.05, 0) is 24.6 Å². The van der Waals surface area contributed by atoms with Crippen molar-refractivity contribution in [3.05, 3.63) is 23.8 Å². The highest BCUT2D eigenvalue weighted by Gasteiger charge is 2.17. The highest BCUT2D eigenvalue weighted by atomic mass is 35.5. The molecular weight excluding hydrogens is 270 g/mol. The zero-order valence-corrected chi connectivity index (χ0v) is 11.6. The van der Waals surface area contributed by atoms with Crippen molar-refractivity contribution in [2.24, 2.45) is 5.73 Å². The van der Waals surface area contributed by atoms with Crippen molar-refractivity contribution in [3.63, 3.8) is 0 Å². The van der Waals surface area contributed by atoms with Crippen molar-refractivity contribution in [1.82, 2.24) is 0 Å². The number of esters is 1. The molecule has 106 valence electrons. The molecule has 0 bridgehead atoms. The van der Waals surface area contributed by atoms with E-state index in [-0.39, 0.29) is 30.8 Å². The average molecular weight is 288 g/mol. The summed E-state index contributed by atoms with van der Waals surface area (Å²) in [5.74, 6) is 1.10. The molecule has 0 fully saturated rings. The molecule has 2 N–H and O–H groups in total. The predicted molar refractivity (Wildman–Crippen MR) is 72.9 cm³/mol. The lowest BCUT2D eigenvalue weighted by Gasteiger charge is -2.20. The van der Waals surface area contributed by atoms with Gasteiger partial charge in [-0.1, -0.05) is 6.07 Å². The van der Waals surface area contributed by atoms with Crippen LogP contribution in [-0.4, -0.2) is 25.8 Å². The molecule has 0 aromatic heterocycles. The molecule has 1 heterocycles. The summed E-state index contributed by atoms with van der Waals surface area (Å²) in [6, 6.07) is 5.09. The number of hydrogen-bond acceptors (Lipinski definition) is 5. The van der Waals surface area contributed by atoms with Crippen LogP contribution in [-0.2, 0) is 9.53 Å². The van der Waals surface area contributed by atoms with Crippen LogP contribution >= 0.6 is 12.4 Å². The Kier molecular flexibility index (Phi) is 5.92. The van der Waals surface area contributed by atoms with E-state index in [0.29, 0.717) is 31.3 Å². The van der Waals surface area contributed by atoms with Crippen LogP contribution in [0, 0.1) is 0 Å². The number of ether oxygens (including phenoxy) is 3. The summed E-state index contributed by atoms with van der Waals surface area (Å²) in [5, 5.41) is 0. The number of hydrogen-bond donors (Lipinski definition) is 1. The van der Waals surface area contributed by atoms with Gasteiger partial charge < -0.3 is 19.9 Å². The smallest absolute Gasteiger partial charge is 0.307 e. The maximum atomic E-state index is 11.4. The van der Waals surface area contributed by atoms with E-state index in [4.69, 9.17) is 19.9 Å². The largest absolute Gasteiger partial charge is 0.486 e. The number of halogens is 1. The third-order valence-electron chi connectivity index (χ3n) is 2.69. The molecule has 1 aliphatic rings. The summed E-state index contributed by atoms with van der Waals surface area (Å²) in [6.07, 6.45) is 0.160. The molecule has 0 radical (unpaired) electrons. The fourth-order valence-electron chi connectivity index (χ4n) is 1.81. The van der Waals surface area contributed by atoms with Crippen molar-refractivity contribution in [2.45, 2.75) is 19.4 Å². The summed E-state index contributed by atoms with van der Waals surface area (Å²) < 4.78 is 15.8. The Morgan fingerprint density at radius 2 is 2.05 bits per heavy atom. The zero-order chi connectivity index (χ0) is 13.0. The minimum Gasteiger partial charge on any atom is -0.486 e. The van der Waals surface area contributed by atoms with Gasteiger partial charge in [0.25, 0.3) is 0 Å². The Hall–Kier alpha value is -1.46. The first-order chi connectivity index (χ1) is 8.70. The maximum Gasteiger partial charge on any atom is 0.307 e. The maximum absolute atomic E-state index is 11.4. The molecule has 0 aliphatic carbocycles. The topological polar surface area (TPSA) is 70.8 Å². The first kappa shape index (κ1) is 15.6. The van der Waals surface area contributed by atoms with Gasteiger partial charge in [-0.25, -0.2) is 0 Å².